The van der Waals surface area contributed by atoms with E-state index < -0.39 is 18.1 Å². The van der Waals surface area contributed by atoms with Gasteiger partial charge in [-0.1, -0.05) is 11.6 Å². The molecule has 0 radical (unpaired) electrons. The summed E-state index contributed by atoms with van der Waals surface area (Å²) < 4.78 is 50.0. The van der Waals surface area contributed by atoms with Crippen LogP contribution < -0.4 is 9.47 Å². The van der Waals surface area contributed by atoms with Crippen molar-refractivity contribution in [3.05, 3.63) is 41.0 Å². The quantitative estimate of drug-likeness (QED) is 0.786. The second kappa shape index (κ2) is 6.69. The van der Waals surface area contributed by atoms with Crippen LogP contribution >= 0.6 is 11.6 Å². The average molecular weight is 349 g/mol. The predicted molar refractivity (Wildman–Crippen MR) is 71.6 cm³/mol. The summed E-state index contributed by atoms with van der Waals surface area (Å²) in [5, 5.41) is 7.00. The summed E-state index contributed by atoms with van der Waals surface area (Å²) in [6.07, 6.45) is -3.59. The van der Waals surface area contributed by atoms with Gasteiger partial charge in [0.2, 0.25) is 0 Å². The highest BCUT2D eigenvalue weighted by atomic mass is 35.5. The van der Waals surface area contributed by atoms with Crippen LogP contribution in [0.15, 0.2) is 30.5 Å². The van der Waals surface area contributed by atoms with E-state index in [1.807, 2.05) is 0 Å². The van der Waals surface area contributed by atoms with Gasteiger partial charge in [0.1, 0.15) is 17.1 Å². The van der Waals surface area contributed by atoms with Gasteiger partial charge in [-0.2, -0.15) is 5.10 Å². The molecule has 0 fully saturated rings. The van der Waals surface area contributed by atoms with Crippen molar-refractivity contribution in [3.63, 3.8) is 0 Å². The first-order valence-corrected chi connectivity index (χ1v) is 6.31. The third kappa shape index (κ3) is 4.46. The molecule has 1 heterocycles. The van der Waals surface area contributed by atoms with Gasteiger partial charge in [-0.25, -0.2) is 4.79 Å². The standard InChI is InChI=1S/C13H8ClF3N2O4/c1-21-12(20)8-4-5-18-19-11(8)22-10-3-2-7(6-9(10)14)23-13(15,16)17/h2-6H,1H3. The predicted octanol–water partition coefficient (Wildman–Crippen LogP) is 3.61. The summed E-state index contributed by atoms with van der Waals surface area (Å²) in [6, 6.07) is 4.36. The fourth-order valence-corrected chi connectivity index (χ4v) is 1.73. The second-order valence-corrected chi connectivity index (χ2v) is 4.39. The number of methoxy groups -OCH3 is 1. The third-order valence-electron chi connectivity index (χ3n) is 2.44. The molecule has 0 aliphatic rings. The molecule has 0 unspecified atom stereocenters. The first kappa shape index (κ1) is 16.8. The van der Waals surface area contributed by atoms with Crippen LogP contribution in [0.4, 0.5) is 13.2 Å². The largest absolute Gasteiger partial charge is 0.573 e. The third-order valence-corrected chi connectivity index (χ3v) is 2.73. The Labute approximate surface area is 132 Å². The molecule has 6 nitrogen and oxygen atoms in total. The van der Waals surface area contributed by atoms with Crippen molar-refractivity contribution in [1.29, 1.82) is 0 Å². The van der Waals surface area contributed by atoms with E-state index in [1.165, 1.54) is 19.4 Å². The molecule has 0 saturated heterocycles. The van der Waals surface area contributed by atoms with E-state index in [0.29, 0.717) is 0 Å². The summed E-state index contributed by atoms with van der Waals surface area (Å²) in [5.41, 5.74) is -0.0193. The van der Waals surface area contributed by atoms with Gasteiger partial charge in [0.15, 0.2) is 0 Å². The van der Waals surface area contributed by atoms with Crippen molar-refractivity contribution in [2.75, 3.05) is 7.11 Å². The summed E-state index contributed by atoms with van der Waals surface area (Å²) in [6.45, 7) is 0. The van der Waals surface area contributed by atoms with Crippen LogP contribution in [-0.2, 0) is 4.74 Å². The molecule has 2 rings (SSSR count). The molecule has 0 aliphatic heterocycles. The van der Waals surface area contributed by atoms with Gasteiger partial charge in [-0.15, -0.1) is 18.3 Å². The van der Waals surface area contributed by atoms with Gasteiger partial charge in [0.25, 0.3) is 5.88 Å². The highest BCUT2D eigenvalue weighted by molar-refractivity contribution is 6.32. The second-order valence-electron chi connectivity index (χ2n) is 3.98. The summed E-state index contributed by atoms with van der Waals surface area (Å²) in [7, 11) is 1.17. The molecular weight excluding hydrogens is 341 g/mol. The number of carbonyl (C=O) groups is 1. The van der Waals surface area contributed by atoms with Crippen LogP contribution in [0.25, 0.3) is 0 Å². The Kier molecular flexibility index (Phi) is 4.89. The number of rotatable bonds is 4. The number of halogens is 4. The topological polar surface area (TPSA) is 70.5 Å². The number of esters is 1. The van der Waals surface area contributed by atoms with E-state index in [2.05, 4.69) is 19.7 Å². The smallest absolute Gasteiger partial charge is 0.465 e. The maximum absolute atomic E-state index is 12.1. The van der Waals surface area contributed by atoms with Crippen LogP contribution in [0.1, 0.15) is 10.4 Å². The molecular formula is C13H8ClF3N2O4. The van der Waals surface area contributed by atoms with Crippen molar-refractivity contribution in [3.8, 4) is 17.4 Å². The minimum absolute atomic E-state index is 0.0193. The Hall–Kier alpha value is -2.55. The molecule has 0 amide bonds. The number of benzene rings is 1. The lowest BCUT2D eigenvalue weighted by atomic mass is 10.3. The lowest BCUT2D eigenvalue weighted by Crippen LogP contribution is -2.17. The Morgan fingerprint density at radius 3 is 2.61 bits per heavy atom. The maximum Gasteiger partial charge on any atom is 0.573 e. The van der Waals surface area contributed by atoms with E-state index in [1.54, 1.807) is 0 Å². The fraction of sp³-hybridized carbons (Fsp3) is 0.154. The highest BCUT2D eigenvalue weighted by Gasteiger charge is 2.31. The average Bonchev–Trinajstić information content (AvgIpc) is 2.48. The molecule has 122 valence electrons. The Bertz CT molecular complexity index is 725. The van der Waals surface area contributed by atoms with Gasteiger partial charge in [0.05, 0.1) is 18.3 Å². The van der Waals surface area contributed by atoms with E-state index in [4.69, 9.17) is 16.3 Å². The van der Waals surface area contributed by atoms with Gasteiger partial charge < -0.3 is 14.2 Å². The zero-order chi connectivity index (χ0) is 17.0. The van der Waals surface area contributed by atoms with Crippen LogP contribution in [-0.4, -0.2) is 29.6 Å². The Morgan fingerprint density at radius 2 is 2.00 bits per heavy atom. The van der Waals surface area contributed by atoms with Crippen molar-refractivity contribution in [2.24, 2.45) is 0 Å². The minimum Gasteiger partial charge on any atom is -0.465 e. The van der Waals surface area contributed by atoms with Gasteiger partial charge in [-0.3, -0.25) is 0 Å². The molecule has 0 bridgehead atoms. The molecule has 10 heteroatoms. The first-order chi connectivity index (χ1) is 10.8. The molecule has 0 atom stereocenters. The SMILES string of the molecule is COC(=O)c1ccnnc1Oc1ccc(OC(F)(F)F)cc1Cl. The van der Waals surface area contributed by atoms with Crippen molar-refractivity contribution >= 4 is 17.6 Å². The first-order valence-electron chi connectivity index (χ1n) is 5.93. The van der Waals surface area contributed by atoms with Crippen LogP contribution in [0.2, 0.25) is 5.02 Å². The molecule has 1 aromatic heterocycles. The van der Waals surface area contributed by atoms with E-state index in [0.717, 1.165) is 18.2 Å². The van der Waals surface area contributed by atoms with Crippen LogP contribution in [0, 0.1) is 0 Å². The maximum atomic E-state index is 12.1. The summed E-state index contributed by atoms with van der Waals surface area (Å²) in [4.78, 5) is 11.6. The number of ether oxygens (including phenoxy) is 3. The Morgan fingerprint density at radius 1 is 1.26 bits per heavy atom. The van der Waals surface area contributed by atoms with Crippen molar-refractivity contribution in [2.45, 2.75) is 6.36 Å². The zero-order valence-electron chi connectivity index (χ0n) is 11.4. The monoisotopic (exact) mass is 348 g/mol. The Balaban J connectivity index is 2.26. The molecule has 1 aromatic carbocycles. The normalized spacial score (nSPS) is 11.0. The molecule has 23 heavy (non-hydrogen) atoms. The number of nitrogens with zero attached hydrogens (tertiary/aromatic N) is 2. The van der Waals surface area contributed by atoms with Crippen LogP contribution in [0.5, 0.6) is 17.4 Å². The molecule has 0 spiro atoms. The molecule has 2 aromatic rings. The van der Waals surface area contributed by atoms with Crippen molar-refractivity contribution < 1.29 is 32.2 Å². The number of carbonyl (C=O) groups excluding carboxylic acids is 1. The molecule has 0 aliphatic carbocycles. The molecule has 0 N–H and O–H groups in total. The summed E-state index contributed by atoms with van der Waals surface area (Å²) >= 11 is 5.84. The minimum atomic E-state index is -4.84. The van der Waals surface area contributed by atoms with E-state index in [9.17, 15) is 18.0 Å². The number of aromatic nitrogens is 2. The van der Waals surface area contributed by atoms with Gasteiger partial charge in [-0.05, 0) is 18.2 Å². The van der Waals surface area contributed by atoms with E-state index in [-0.39, 0.29) is 22.2 Å². The number of alkyl halides is 3. The highest BCUT2D eigenvalue weighted by Crippen LogP contribution is 2.34. The zero-order valence-corrected chi connectivity index (χ0v) is 12.2. The van der Waals surface area contributed by atoms with E-state index >= 15 is 0 Å². The van der Waals surface area contributed by atoms with Crippen molar-refractivity contribution in [1.82, 2.24) is 10.2 Å². The van der Waals surface area contributed by atoms with Gasteiger partial charge in [0, 0.05) is 6.07 Å². The number of hydrogen-bond donors (Lipinski definition) is 0. The summed E-state index contributed by atoms with van der Waals surface area (Å²) in [5.74, 6) is -1.47. The van der Waals surface area contributed by atoms with Crippen LogP contribution in [0.3, 0.4) is 0 Å². The number of hydrogen-bond acceptors (Lipinski definition) is 6. The molecule has 0 saturated carbocycles. The van der Waals surface area contributed by atoms with Gasteiger partial charge >= 0.3 is 12.3 Å². The lowest BCUT2D eigenvalue weighted by Gasteiger charge is -2.12. The lowest BCUT2D eigenvalue weighted by molar-refractivity contribution is -0.274. The fourth-order valence-electron chi connectivity index (χ4n) is 1.53.